The molecule has 1 aromatic heterocycles. The fourth-order valence-corrected chi connectivity index (χ4v) is 2.42. The molecule has 4 heteroatoms. The molecule has 0 atom stereocenters. The van der Waals surface area contributed by atoms with E-state index in [1.165, 1.54) is 5.56 Å². The van der Waals surface area contributed by atoms with Crippen molar-refractivity contribution >= 4 is 6.09 Å². The maximum atomic E-state index is 11.1. The van der Waals surface area contributed by atoms with Gasteiger partial charge in [0.1, 0.15) is 0 Å². The number of amides is 1. The molecule has 0 aliphatic rings. The number of carbonyl (C=O) groups is 1. The highest BCUT2D eigenvalue weighted by Crippen LogP contribution is 2.25. The molecule has 4 nitrogen and oxygen atoms in total. The molecule has 0 aliphatic heterocycles. The zero-order chi connectivity index (χ0) is 16.8. The van der Waals surface area contributed by atoms with Crippen molar-refractivity contribution in [3.05, 3.63) is 90.5 Å². The van der Waals surface area contributed by atoms with E-state index in [4.69, 9.17) is 10.5 Å². The lowest BCUT2D eigenvalue weighted by atomic mass is 10.0. The molecule has 0 unspecified atom stereocenters. The van der Waals surface area contributed by atoms with Crippen LogP contribution in [0.15, 0.2) is 72.8 Å². The van der Waals surface area contributed by atoms with Crippen molar-refractivity contribution in [3.63, 3.8) is 0 Å². The smallest absolute Gasteiger partial charge is 0.391 e. The Morgan fingerprint density at radius 3 is 2.29 bits per heavy atom. The number of ether oxygens (including phenoxy) is 1. The van der Waals surface area contributed by atoms with E-state index < -0.39 is 6.09 Å². The largest absolute Gasteiger partial charge is 0.411 e. The number of nitrogens with zero attached hydrogens (tertiary/aromatic N) is 1. The van der Waals surface area contributed by atoms with Crippen molar-refractivity contribution in [1.82, 2.24) is 4.98 Å². The van der Waals surface area contributed by atoms with Crippen molar-refractivity contribution in [1.29, 1.82) is 0 Å². The first kappa shape index (κ1) is 15.7. The van der Waals surface area contributed by atoms with Gasteiger partial charge in [-0.3, -0.25) is 0 Å². The number of nitrogens with two attached hydrogens (primary N) is 1. The molecule has 2 N–H and O–H groups in total. The third kappa shape index (κ3) is 4.20. The molecular formula is C20H17N2O2. The SMILES string of the molecule is NC(=O)Oc1cc(-c2ccccc2)cc([CH]Cc2ccccc2)n1. The Labute approximate surface area is 140 Å². The lowest BCUT2D eigenvalue weighted by molar-refractivity contribution is 0.209. The Balaban J connectivity index is 1.88. The average molecular weight is 317 g/mol. The van der Waals surface area contributed by atoms with Gasteiger partial charge in [0.15, 0.2) is 0 Å². The van der Waals surface area contributed by atoms with Crippen LogP contribution in [0.2, 0.25) is 0 Å². The zero-order valence-corrected chi connectivity index (χ0v) is 13.1. The van der Waals surface area contributed by atoms with Crippen LogP contribution in [0.3, 0.4) is 0 Å². The minimum atomic E-state index is -0.873. The maximum absolute atomic E-state index is 11.1. The van der Waals surface area contributed by atoms with E-state index in [1.807, 2.05) is 61.0 Å². The number of primary amides is 1. The zero-order valence-electron chi connectivity index (χ0n) is 13.1. The third-order valence-corrected chi connectivity index (χ3v) is 3.52. The molecule has 0 aliphatic carbocycles. The summed E-state index contributed by atoms with van der Waals surface area (Å²) >= 11 is 0. The first-order valence-corrected chi connectivity index (χ1v) is 7.62. The first-order chi connectivity index (χ1) is 11.7. The quantitative estimate of drug-likeness (QED) is 0.773. The Kier molecular flexibility index (Phi) is 4.87. The molecule has 0 spiro atoms. The molecule has 1 radical (unpaired) electrons. The molecule has 0 fully saturated rings. The summed E-state index contributed by atoms with van der Waals surface area (Å²) in [6.45, 7) is 0. The van der Waals surface area contributed by atoms with Crippen LogP contribution in [0.5, 0.6) is 5.88 Å². The van der Waals surface area contributed by atoms with Gasteiger partial charge >= 0.3 is 6.09 Å². The monoisotopic (exact) mass is 317 g/mol. The molecule has 2 aromatic carbocycles. The van der Waals surface area contributed by atoms with Gasteiger partial charge in [0.25, 0.3) is 0 Å². The molecular weight excluding hydrogens is 300 g/mol. The topological polar surface area (TPSA) is 65.2 Å². The van der Waals surface area contributed by atoms with Crippen LogP contribution in [0.25, 0.3) is 11.1 Å². The minimum absolute atomic E-state index is 0.197. The molecule has 0 saturated heterocycles. The van der Waals surface area contributed by atoms with Gasteiger partial charge in [0, 0.05) is 18.2 Å². The van der Waals surface area contributed by atoms with E-state index in [-0.39, 0.29) is 5.88 Å². The van der Waals surface area contributed by atoms with Crippen LogP contribution in [-0.4, -0.2) is 11.1 Å². The normalized spacial score (nSPS) is 10.3. The minimum Gasteiger partial charge on any atom is -0.391 e. The maximum Gasteiger partial charge on any atom is 0.411 e. The molecule has 24 heavy (non-hydrogen) atoms. The van der Waals surface area contributed by atoms with Crippen molar-refractivity contribution in [3.8, 4) is 17.0 Å². The summed E-state index contributed by atoms with van der Waals surface area (Å²) in [4.78, 5) is 15.4. The van der Waals surface area contributed by atoms with Crippen LogP contribution < -0.4 is 10.5 Å². The summed E-state index contributed by atoms with van der Waals surface area (Å²) in [5.41, 5.74) is 8.97. The second kappa shape index (κ2) is 7.42. The summed E-state index contributed by atoms with van der Waals surface area (Å²) in [7, 11) is 0. The number of rotatable bonds is 5. The molecule has 119 valence electrons. The lowest BCUT2D eigenvalue weighted by Gasteiger charge is -2.09. The van der Waals surface area contributed by atoms with Gasteiger partial charge in [-0.25, -0.2) is 9.78 Å². The van der Waals surface area contributed by atoms with Gasteiger partial charge in [-0.1, -0.05) is 60.7 Å². The summed E-state index contributed by atoms with van der Waals surface area (Å²) in [6, 6.07) is 23.6. The van der Waals surface area contributed by atoms with E-state index in [1.54, 1.807) is 6.07 Å². The fourth-order valence-electron chi connectivity index (χ4n) is 2.42. The number of aromatic nitrogens is 1. The van der Waals surface area contributed by atoms with E-state index in [9.17, 15) is 4.79 Å². The highest BCUT2D eigenvalue weighted by molar-refractivity contribution is 5.70. The number of pyridine rings is 1. The Morgan fingerprint density at radius 2 is 1.62 bits per heavy atom. The second-order valence-electron chi connectivity index (χ2n) is 5.30. The summed E-state index contributed by atoms with van der Waals surface area (Å²) in [6.07, 6.45) is 1.86. The molecule has 1 heterocycles. The predicted molar refractivity (Wildman–Crippen MR) is 93.4 cm³/mol. The molecule has 3 aromatic rings. The summed E-state index contributed by atoms with van der Waals surface area (Å²) in [5, 5.41) is 0. The number of benzene rings is 2. The van der Waals surface area contributed by atoms with Crippen LogP contribution in [-0.2, 0) is 6.42 Å². The van der Waals surface area contributed by atoms with Crippen LogP contribution in [0, 0.1) is 6.42 Å². The number of carbonyl (C=O) groups excluding carboxylic acids is 1. The van der Waals surface area contributed by atoms with Crippen LogP contribution in [0.4, 0.5) is 4.79 Å². The fraction of sp³-hybridized carbons (Fsp3) is 0.0500. The van der Waals surface area contributed by atoms with Gasteiger partial charge in [0.05, 0.1) is 0 Å². The Morgan fingerprint density at radius 1 is 0.958 bits per heavy atom. The van der Waals surface area contributed by atoms with Crippen molar-refractivity contribution in [2.75, 3.05) is 0 Å². The first-order valence-electron chi connectivity index (χ1n) is 7.62. The van der Waals surface area contributed by atoms with Crippen molar-refractivity contribution in [2.24, 2.45) is 5.73 Å². The highest BCUT2D eigenvalue weighted by atomic mass is 16.6. The Hall–Kier alpha value is -3.14. The van der Waals surface area contributed by atoms with Gasteiger partial charge < -0.3 is 10.5 Å². The van der Waals surface area contributed by atoms with Gasteiger partial charge in [0.2, 0.25) is 5.88 Å². The average Bonchev–Trinajstić information content (AvgIpc) is 2.61. The molecule has 1 amide bonds. The van der Waals surface area contributed by atoms with Crippen molar-refractivity contribution in [2.45, 2.75) is 6.42 Å². The summed E-state index contributed by atoms with van der Waals surface area (Å²) in [5.74, 6) is 0.197. The van der Waals surface area contributed by atoms with Crippen LogP contribution >= 0.6 is 0 Å². The van der Waals surface area contributed by atoms with E-state index in [0.717, 1.165) is 23.2 Å². The van der Waals surface area contributed by atoms with Gasteiger partial charge in [-0.2, -0.15) is 0 Å². The predicted octanol–water partition coefficient (Wildman–Crippen LogP) is 4.00. The highest BCUT2D eigenvalue weighted by Gasteiger charge is 2.08. The van der Waals surface area contributed by atoms with E-state index >= 15 is 0 Å². The summed E-state index contributed by atoms with van der Waals surface area (Å²) < 4.78 is 4.98. The van der Waals surface area contributed by atoms with Gasteiger partial charge in [-0.05, 0) is 29.2 Å². The van der Waals surface area contributed by atoms with Gasteiger partial charge in [-0.15, -0.1) is 0 Å². The van der Waals surface area contributed by atoms with E-state index in [0.29, 0.717) is 0 Å². The second-order valence-corrected chi connectivity index (χ2v) is 5.30. The standard InChI is InChI=1S/C20H17N2O2/c21-20(23)24-19-14-17(16-9-5-2-6-10-16)13-18(22-19)12-11-15-7-3-1-4-8-15/h1-10,12-14H,11H2,(H2,21,23). The lowest BCUT2D eigenvalue weighted by Crippen LogP contribution is -2.17. The van der Waals surface area contributed by atoms with Crippen molar-refractivity contribution < 1.29 is 9.53 Å². The molecule has 0 bridgehead atoms. The third-order valence-electron chi connectivity index (χ3n) is 3.52. The van der Waals surface area contributed by atoms with E-state index in [2.05, 4.69) is 17.1 Å². The number of hydrogen-bond acceptors (Lipinski definition) is 3. The Bertz CT molecular complexity index is 818. The molecule has 3 rings (SSSR count). The number of hydrogen-bond donors (Lipinski definition) is 1. The molecule has 0 saturated carbocycles. The van der Waals surface area contributed by atoms with Crippen LogP contribution in [0.1, 0.15) is 11.3 Å².